The fourth-order valence-corrected chi connectivity index (χ4v) is 2.01. The number of nitrogens with two attached hydrogens (primary N) is 1. The number of hydrazine groups is 1. The maximum atomic E-state index is 11.3. The number of carbonyl (C=O) groups excluding carboxylic acids is 1. The van der Waals surface area contributed by atoms with Crippen LogP contribution in [0.25, 0.3) is 11.3 Å². The predicted octanol–water partition coefficient (Wildman–Crippen LogP) is 2.64. The molecule has 94 valence electrons. The molecule has 4 N–H and O–H groups in total. The Balaban J connectivity index is 2.47. The molecule has 0 bridgehead atoms. The monoisotopic (exact) mass is 304 g/mol. The minimum atomic E-state index is -0.482. The van der Waals surface area contributed by atoms with E-state index in [9.17, 15) is 4.79 Å². The number of rotatable bonds is 2. The van der Waals surface area contributed by atoms with Crippen molar-refractivity contribution in [3.05, 3.63) is 39.0 Å². The minimum absolute atomic E-state index is 0.217. The smallest absolute Gasteiger partial charge is 0.283 e. The van der Waals surface area contributed by atoms with Crippen molar-refractivity contribution in [2.45, 2.75) is 0 Å². The maximum Gasteiger partial charge on any atom is 0.283 e. The largest absolute Gasteiger partial charge is 0.289 e. The third-order valence-electron chi connectivity index (χ3n) is 2.26. The summed E-state index contributed by atoms with van der Waals surface area (Å²) in [7, 11) is 0. The van der Waals surface area contributed by atoms with Crippen molar-refractivity contribution in [2.24, 2.45) is 5.84 Å². The van der Waals surface area contributed by atoms with E-state index in [-0.39, 0.29) is 15.7 Å². The van der Waals surface area contributed by atoms with Gasteiger partial charge in [-0.3, -0.25) is 15.3 Å². The first-order valence-electron chi connectivity index (χ1n) is 4.74. The highest BCUT2D eigenvalue weighted by atomic mass is 35.5. The molecule has 8 heteroatoms. The van der Waals surface area contributed by atoms with Gasteiger partial charge >= 0.3 is 0 Å². The van der Waals surface area contributed by atoms with Gasteiger partial charge in [-0.2, -0.15) is 5.10 Å². The highest BCUT2D eigenvalue weighted by Gasteiger charge is 2.15. The molecule has 0 saturated heterocycles. The quantitative estimate of drug-likeness (QED) is 0.345. The molecule has 2 aromatic rings. The molecule has 18 heavy (non-hydrogen) atoms. The van der Waals surface area contributed by atoms with Gasteiger partial charge in [0.25, 0.3) is 5.91 Å². The van der Waals surface area contributed by atoms with Gasteiger partial charge in [0, 0.05) is 5.56 Å². The topological polar surface area (TPSA) is 83.8 Å². The van der Waals surface area contributed by atoms with E-state index in [0.717, 1.165) is 0 Å². The molecule has 0 aliphatic heterocycles. The second kappa shape index (κ2) is 5.16. The Morgan fingerprint density at radius 2 is 2.00 bits per heavy atom. The second-order valence-corrected chi connectivity index (χ2v) is 4.53. The van der Waals surface area contributed by atoms with Crippen LogP contribution < -0.4 is 11.3 Å². The van der Waals surface area contributed by atoms with Gasteiger partial charge in [0.05, 0.1) is 20.8 Å². The van der Waals surface area contributed by atoms with Crippen molar-refractivity contribution in [3.63, 3.8) is 0 Å². The van der Waals surface area contributed by atoms with Crippen LogP contribution in [0, 0.1) is 0 Å². The van der Waals surface area contributed by atoms with Gasteiger partial charge in [-0.25, -0.2) is 5.84 Å². The number of carbonyl (C=O) groups is 1. The first kappa shape index (κ1) is 13.2. The van der Waals surface area contributed by atoms with Crippen molar-refractivity contribution in [2.75, 3.05) is 0 Å². The number of nitrogens with zero attached hydrogens (tertiary/aromatic N) is 1. The van der Waals surface area contributed by atoms with E-state index in [4.69, 9.17) is 40.6 Å². The first-order chi connectivity index (χ1) is 8.54. The molecule has 1 amide bonds. The van der Waals surface area contributed by atoms with Crippen molar-refractivity contribution in [3.8, 4) is 11.3 Å². The summed E-state index contributed by atoms with van der Waals surface area (Å²) in [6.45, 7) is 0. The summed E-state index contributed by atoms with van der Waals surface area (Å²) in [6, 6.07) is 4.77. The molecule has 0 spiro atoms. The van der Waals surface area contributed by atoms with Crippen molar-refractivity contribution < 1.29 is 4.79 Å². The van der Waals surface area contributed by atoms with Gasteiger partial charge in [-0.05, 0) is 18.2 Å². The number of nitrogen functional groups attached to an aromatic ring is 1. The summed E-state index contributed by atoms with van der Waals surface area (Å²) in [4.78, 5) is 11.3. The zero-order valence-electron chi connectivity index (χ0n) is 8.80. The number of H-pyrrole nitrogens is 1. The lowest BCUT2D eigenvalue weighted by atomic mass is 10.1. The lowest BCUT2D eigenvalue weighted by Crippen LogP contribution is -2.30. The molecule has 0 atom stereocenters. The van der Waals surface area contributed by atoms with Crippen LogP contribution in [0.1, 0.15) is 10.5 Å². The molecule has 1 heterocycles. The number of aromatic nitrogens is 2. The number of hydrogen-bond acceptors (Lipinski definition) is 3. The fraction of sp³-hybridized carbons (Fsp3) is 0. The van der Waals surface area contributed by atoms with Gasteiger partial charge in [0.1, 0.15) is 5.69 Å². The van der Waals surface area contributed by atoms with Crippen LogP contribution in [0.2, 0.25) is 15.1 Å². The van der Waals surface area contributed by atoms with Gasteiger partial charge in [0.2, 0.25) is 0 Å². The Morgan fingerprint density at radius 1 is 1.28 bits per heavy atom. The lowest BCUT2D eigenvalue weighted by Gasteiger charge is -2.03. The number of halogens is 3. The maximum absolute atomic E-state index is 11.3. The van der Waals surface area contributed by atoms with Gasteiger partial charge < -0.3 is 0 Å². The highest BCUT2D eigenvalue weighted by molar-refractivity contribution is 6.49. The normalized spacial score (nSPS) is 10.4. The Hall–Kier alpha value is -1.27. The van der Waals surface area contributed by atoms with Crippen LogP contribution in [-0.4, -0.2) is 16.1 Å². The minimum Gasteiger partial charge on any atom is -0.289 e. The molecule has 0 radical (unpaired) electrons. The number of aromatic amines is 1. The third kappa shape index (κ3) is 2.30. The predicted molar refractivity (Wildman–Crippen MR) is 70.7 cm³/mol. The van der Waals surface area contributed by atoms with E-state index in [1.807, 2.05) is 5.43 Å². The molecule has 0 aliphatic carbocycles. The number of nitrogens with one attached hydrogen (secondary N) is 2. The van der Waals surface area contributed by atoms with E-state index >= 15 is 0 Å². The van der Waals surface area contributed by atoms with Crippen LogP contribution >= 0.6 is 34.8 Å². The molecular formula is C10H7Cl3N4O. The molecule has 1 aromatic heterocycles. The average molecular weight is 306 g/mol. The number of benzene rings is 1. The van der Waals surface area contributed by atoms with Crippen molar-refractivity contribution in [1.82, 2.24) is 15.6 Å². The lowest BCUT2D eigenvalue weighted by molar-refractivity contribution is 0.0948. The molecule has 0 unspecified atom stereocenters. The molecule has 1 aromatic carbocycles. The molecule has 0 aliphatic rings. The van der Waals surface area contributed by atoms with Gasteiger partial charge in [-0.1, -0.05) is 34.8 Å². The fourth-order valence-electron chi connectivity index (χ4n) is 1.38. The molecule has 2 rings (SSSR count). The van der Waals surface area contributed by atoms with E-state index < -0.39 is 5.91 Å². The summed E-state index contributed by atoms with van der Waals surface area (Å²) >= 11 is 17.8. The number of hydrogen-bond donors (Lipinski definition) is 3. The number of amides is 1. The SMILES string of the molecule is NNC(=O)c1cc(-c2ccc(Cl)c(Cl)c2Cl)n[nH]1. The standard InChI is InChI=1S/C10H7Cl3N4O/c11-5-2-1-4(8(12)9(5)13)6-3-7(17-16-6)10(18)15-14/h1-3H,14H2,(H,15,18)(H,16,17). The third-order valence-corrected chi connectivity index (χ3v) is 3.56. The van der Waals surface area contributed by atoms with Crippen molar-refractivity contribution in [1.29, 1.82) is 0 Å². The Kier molecular flexibility index (Phi) is 3.77. The van der Waals surface area contributed by atoms with Crippen LogP contribution in [0.5, 0.6) is 0 Å². The second-order valence-electron chi connectivity index (χ2n) is 3.36. The van der Waals surface area contributed by atoms with Crippen LogP contribution in [0.4, 0.5) is 0 Å². The van der Waals surface area contributed by atoms with Crippen LogP contribution in [0.3, 0.4) is 0 Å². The molecule has 5 nitrogen and oxygen atoms in total. The van der Waals surface area contributed by atoms with Crippen LogP contribution in [-0.2, 0) is 0 Å². The van der Waals surface area contributed by atoms with Gasteiger partial charge in [-0.15, -0.1) is 0 Å². The van der Waals surface area contributed by atoms with Gasteiger partial charge in [0.15, 0.2) is 0 Å². The molecule has 0 fully saturated rings. The Bertz CT molecular complexity index is 611. The Morgan fingerprint density at radius 3 is 2.67 bits per heavy atom. The summed E-state index contributed by atoms with van der Waals surface area (Å²) < 4.78 is 0. The highest BCUT2D eigenvalue weighted by Crippen LogP contribution is 2.37. The summed E-state index contributed by atoms with van der Waals surface area (Å²) in [5.41, 5.74) is 3.25. The van der Waals surface area contributed by atoms with Crippen molar-refractivity contribution >= 4 is 40.7 Å². The van der Waals surface area contributed by atoms with E-state index in [0.29, 0.717) is 16.3 Å². The zero-order chi connectivity index (χ0) is 13.3. The zero-order valence-corrected chi connectivity index (χ0v) is 11.1. The summed E-state index contributed by atoms with van der Waals surface area (Å²) in [5.74, 6) is 4.53. The summed E-state index contributed by atoms with van der Waals surface area (Å²) in [5, 5.41) is 7.36. The van der Waals surface area contributed by atoms with Crippen LogP contribution in [0.15, 0.2) is 18.2 Å². The van der Waals surface area contributed by atoms with E-state index in [1.165, 1.54) is 6.07 Å². The first-order valence-corrected chi connectivity index (χ1v) is 5.88. The Labute approximate surface area is 117 Å². The molecule has 0 saturated carbocycles. The summed E-state index contributed by atoms with van der Waals surface area (Å²) in [6.07, 6.45) is 0. The van der Waals surface area contributed by atoms with E-state index in [2.05, 4.69) is 10.2 Å². The average Bonchev–Trinajstić information content (AvgIpc) is 2.84. The molecular weight excluding hydrogens is 298 g/mol. The van der Waals surface area contributed by atoms with E-state index in [1.54, 1.807) is 12.1 Å².